The number of hydrogen-bond acceptors (Lipinski definition) is 5. The van der Waals surface area contributed by atoms with Crippen LogP contribution in [-0.4, -0.2) is 15.9 Å². The normalized spacial score (nSPS) is 11.0. The van der Waals surface area contributed by atoms with E-state index in [1.54, 1.807) is 6.20 Å². The number of nitrogens with zero attached hydrogens (tertiary/aromatic N) is 2. The molecule has 0 atom stereocenters. The first kappa shape index (κ1) is 17.4. The van der Waals surface area contributed by atoms with Gasteiger partial charge in [-0.15, -0.1) is 11.3 Å². The lowest BCUT2D eigenvalue weighted by molar-refractivity contribution is -0.116. The molecule has 3 rings (SSSR count). The van der Waals surface area contributed by atoms with E-state index in [4.69, 9.17) is 4.42 Å². The molecule has 0 unspecified atom stereocenters. The summed E-state index contributed by atoms with van der Waals surface area (Å²) in [6.45, 7) is 6.23. The van der Waals surface area contributed by atoms with Crippen molar-refractivity contribution < 1.29 is 9.21 Å². The minimum atomic E-state index is -0.0876. The summed E-state index contributed by atoms with van der Waals surface area (Å²) in [5, 5.41) is 5.32. The molecule has 1 amide bonds. The van der Waals surface area contributed by atoms with Crippen LogP contribution in [0.1, 0.15) is 43.3 Å². The number of amides is 1. The van der Waals surface area contributed by atoms with Crippen LogP contribution >= 0.6 is 11.3 Å². The van der Waals surface area contributed by atoms with E-state index in [1.165, 1.54) is 16.9 Å². The van der Waals surface area contributed by atoms with Crippen molar-refractivity contribution in [3.05, 3.63) is 53.0 Å². The topological polar surface area (TPSA) is 68.0 Å². The SMILES string of the molecule is Cc1csc(NC(=O)CCc2ncc(-c3ccc(C(C)C)cc3)o2)n1. The third kappa shape index (κ3) is 4.54. The largest absolute Gasteiger partial charge is 0.441 e. The molecule has 3 aromatic rings. The fourth-order valence-corrected chi connectivity index (χ4v) is 3.11. The molecule has 130 valence electrons. The summed E-state index contributed by atoms with van der Waals surface area (Å²) >= 11 is 1.42. The highest BCUT2D eigenvalue weighted by atomic mass is 32.1. The number of rotatable bonds is 6. The third-order valence-corrected chi connectivity index (χ3v) is 4.72. The molecule has 1 aromatic carbocycles. The number of aryl methyl sites for hydroxylation is 2. The zero-order valence-electron chi connectivity index (χ0n) is 14.6. The summed E-state index contributed by atoms with van der Waals surface area (Å²) in [4.78, 5) is 20.4. The Hall–Kier alpha value is -2.47. The molecule has 0 saturated carbocycles. The Bertz CT molecular complexity index is 850. The van der Waals surface area contributed by atoms with Gasteiger partial charge in [-0.05, 0) is 18.4 Å². The summed E-state index contributed by atoms with van der Waals surface area (Å²) in [6.07, 6.45) is 2.48. The van der Waals surface area contributed by atoms with Crippen molar-refractivity contribution in [2.24, 2.45) is 0 Å². The summed E-state index contributed by atoms with van der Waals surface area (Å²) in [5.41, 5.74) is 3.18. The van der Waals surface area contributed by atoms with Crippen molar-refractivity contribution in [1.82, 2.24) is 9.97 Å². The van der Waals surface area contributed by atoms with E-state index in [1.807, 2.05) is 24.4 Å². The molecule has 5 nitrogen and oxygen atoms in total. The van der Waals surface area contributed by atoms with Crippen LogP contribution < -0.4 is 5.32 Å². The highest BCUT2D eigenvalue weighted by Crippen LogP contribution is 2.24. The number of aromatic nitrogens is 2. The van der Waals surface area contributed by atoms with Crippen molar-refractivity contribution in [3.8, 4) is 11.3 Å². The Morgan fingerprint density at radius 2 is 2.04 bits per heavy atom. The van der Waals surface area contributed by atoms with Crippen LogP contribution in [0.15, 0.2) is 40.3 Å². The maximum absolute atomic E-state index is 12.0. The van der Waals surface area contributed by atoms with Crippen molar-refractivity contribution in [1.29, 1.82) is 0 Å². The smallest absolute Gasteiger partial charge is 0.226 e. The minimum Gasteiger partial charge on any atom is -0.441 e. The predicted molar refractivity (Wildman–Crippen MR) is 99.8 cm³/mol. The fraction of sp³-hybridized carbons (Fsp3) is 0.316. The Morgan fingerprint density at radius 1 is 1.28 bits per heavy atom. The van der Waals surface area contributed by atoms with Gasteiger partial charge in [0.25, 0.3) is 0 Å². The van der Waals surface area contributed by atoms with Gasteiger partial charge in [-0.2, -0.15) is 0 Å². The average Bonchev–Trinajstić information content (AvgIpc) is 3.22. The lowest BCUT2D eigenvalue weighted by Crippen LogP contribution is -2.12. The Labute approximate surface area is 151 Å². The van der Waals surface area contributed by atoms with Crippen molar-refractivity contribution in [2.75, 3.05) is 5.32 Å². The standard InChI is InChI=1S/C19H21N3O2S/c1-12(2)14-4-6-15(7-5-14)16-10-20-18(24-16)9-8-17(23)22-19-21-13(3)11-25-19/h4-7,10-12H,8-9H2,1-3H3,(H,21,22,23). The van der Waals surface area contributed by atoms with Gasteiger partial charge in [0, 0.05) is 23.8 Å². The van der Waals surface area contributed by atoms with Gasteiger partial charge in [0.05, 0.1) is 11.9 Å². The Kier molecular flexibility index (Phi) is 5.28. The zero-order valence-corrected chi connectivity index (χ0v) is 15.4. The van der Waals surface area contributed by atoms with Gasteiger partial charge < -0.3 is 9.73 Å². The average molecular weight is 355 g/mol. The predicted octanol–water partition coefficient (Wildman–Crippen LogP) is 4.80. The quantitative estimate of drug-likeness (QED) is 0.689. The molecule has 0 aliphatic rings. The molecular formula is C19H21N3O2S. The molecule has 1 N–H and O–H groups in total. The molecule has 0 aliphatic carbocycles. The lowest BCUT2D eigenvalue weighted by Gasteiger charge is -2.05. The first-order chi connectivity index (χ1) is 12.0. The number of oxazole rings is 1. The lowest BCUT2D eigenvalue weighted by atomic mass is 10.0. The van der Waals surface area contributed by atoms with Gasteiger partial charge in [-0.25, -0.2) is 9.97 Å². The Balaban J connectivity index is 1.57. The molecule has 2 aromatic heterocycles. The van der Waals surface area contributed by atoms with Crippen molar-refractivity contribution in [2.45, 2.75) is 39.5 Å². The molecule has 0 bridgehead atoms. The maximum atomic E-state index is 12.0. The number of thiazole rings is 1. The molecule has 0 aliphatic heterocycles. The van der Waals surface area contributed by atoms with Crippen molar-refractivity contribution in [3.63, 3.8) is 0 Å². The highest BCUT2D eigenvalue weighted by Gasteiger charge is 2.10. The summed E-state index contributed by atoms with van der Waals surface area (Å²) < 4.78 is 5.77. The summed E-state index contributed by atoms with van der Waals surface area (Å²) in [6, 6.07) is 8.28. The van der Waals surface area contributed by atoms with Crippen LogP contribution in [0.2, 0.25) is 0 Å². The molecular weight excluding hydrogens is 334 g/mol. The van der Waals surface area contributed by atoms with E-state index in [9.17, 15) is 4.79 Å². The van der Waals surface area contributed by atoms with E-state index in [-0.39, 0.29) is 5.91 Å². The Morgan fingerprint density at radius 3 is 2.68 bits per heavy atom. The molecule has 0 saturated heterocycles. The van der Waals surface area contributed by atoms with E-state index >= 15 is 0 Å². The molecule has 0 radical (unpaired) electrons. The van der Waals surface area contributed by atoms with E-state index in [0.29, 0.717) is 29.8 Å². The number of nitrogens with one attached hydrogen (secondary N) is 1. The van der Waals surface area contributed by atoms with Gasteiger partial charge >= 0.3 is 0 Å². The molecule has 25 heavy (non-hydrogen) atoms. The molecule has 0 fully saturated rings. The number of hydrogen-bond donors (Lipinski definition) is 1. The van der Waals surface area contributed by atoms with Crippen LogP contribution in [0.25, 0.3) is 11.3 Å². The van der Waals surface area contributed by atoms with Crippen LogP contribution in [0.4, 0.5) is 5.13 Å². The van der Waals surface area contributed by atoms with Gasteiger partial charge in [-0.3, -0.25) is 4.79 Å². The zero-order chi connectivity index (χ0) is 17.8. The number of carbonyl (C=O) groups is 1. The monoisotopic (exact) mass is 355 g/mol. The van der Waals surface area contributed by atoms with E-state index < -0.39 is 0 Å². The van der Waals surface area contributed by atoms with Gasteiger partial charge in [0.1, 0.15) is 0 Å². The van der Waals surface area contributed by atoms with E-state index in [0.717, 1.165) is 17.0 Å². The van der Waals surface area contributed by atoms with Gasteiger partial charge in [0.15, 0.2) is 16.8 Å². The third-order valence-electron chi connectivity index (χ3n) is 3.85. The van der Waals surface area contributed by atoms with Crippen molar-refractivity contribution >= 4 is 22.4 Å². The van der Waals surface area contributed by atoms with Crippen LogP contribution in [-0.2, 0) is 11.2 Å². The number of carbonyl (C=O) groups excluding carboxylic acids is 1. The van der Waals surface area contributed by atoms with E-state index in [2.05, 4.69) is 41.3 Å². The fourth-order valence-electron chi connectivity index (χ4n) is 2.41. The summed E-state index contributed by atoms with van der Waals surface area (Å²) in [7, 11) is 0. The maximum Gasteiger partial charge on any atom is 0.226 e. The molecule has 0 spiro atoms. The second-order valence-corrected chi connectivity index (χ2v) is 7.10. The molecule has 6 heteroatoms. The second-order valence-electron chi connectivity index (χ2n) is 6.24. The second kappa shape index (κ2) is 7.61. The number of benzene rings is 1. The van der Waals surface area contributed by atoms with Gasteiger partial charge in [-0.1, -0.05) is 38.1 Å². The van der Waals surface area contributed by atoms with Crippen LogP contribution in [0, 0.1) is 6.92 Å². The van der Waals surface area contributed by atoms with Crippen LogP contribution in [0.5, 0.6) is 0 Å². The first-order valence-electron chi connectivity index (χ1n) is 8.28. The summed E-state index contributed by atoms with van der Waals surface area (Å²) in [5.74, 6) is 1.70. The molecule has 2 heterocycles. The first-order valence-corrected chi connectivity index (χ1v) is 9.16. The number of anilines is 1. The van der Waals surface area contributed by atoms with Crippen LogP contribution in [0.3, 0.4) is 0 Å². The van der Waals surface area contributed by atoms with Gasteiger partial charge in [0.2, 0.25) is 5.91 Å². The minimum absolute atomic E-state index is 0.0876. The highest BCUT2D eigenvalue weighted by molar-refractivity contribution is 7.13.